The van der Waals surface area contributed by atoms with Gasteiger partial charge in [0.15, 0.2) is 23.6 Å². The highest BCUT2D eigenvalue weighted by molar-refractivity contribution is 7.90. The van der Waals surface area contributed by atoms with E-state index in [4.69, 9.17) is 4.74 Å². The van der Waals surface area contributed by atoms with Crippen molar-refractivity contribution in [1.29, 1.82) is 0 Å². The number of ether oxygens (including phenoxy) is 1. The molecular weight excluding hydrogens is 439 g/mol. The van der Waals surface area contributed by atoms with Crippen molar-refractivity contribution in [1.82, 2.24) is 4.72 Å². The highest BCUT2D eigenvalue weighted by atomic mass is 32.2. The fourth-order valence-corrected chi connectivity index (χ4v) is 3.90. The maximum Gasteiger partial charge on any atom is 0.331 e. The van der Waals surface area contributed by atoms with Crippen LogP contribution in [-0.4, -0.2) is 38.3 Å². The Hall–Kier alpha value is -3.41. The van der Waals surface area contributed by atoms with Gasteiger partial charge in [-0.1, -0.05) is 12.1 Å². The largest absolute Gasteiger partial charge is 0.451 e. The van der Waals surface area contributed by atoms with Crippen molar-refractivity contribution in [3.8, 4) is 0 Å². The number of nitrogens with one attached hydrogen (secondary N) is 2. The molecular formula is C19H16F3N3O5S. The number of carbonyl (C=O) groups excluding carboxylic acids is 2. The predicted octanol–water partition coefficient (Wildman–Crippen LogP) is 2.10. The number of rotatable bonds is 5. The third-order valence-electron chi connectivity index (χ3n) is 4.28. The summed E-state index contributed by atoms with van der Waals surface area (Å²) in [6, 6.07) is 6.28. The van der Waals surface area contributed by atoms with Crippen LogP contribution in [-0.2, 0) is 24.3 Å². The van der Waals surface area contributed by atoms with E-state index in [9.17, 15) is 31.2 Å². The van der Waals surface area contributed by atoms with Gasteiger partial charge in [0, 0.05) is 5.56 Å². The lowest BCUT2D eigenvalue weighted by atomic mass is 10.2. The quantitative estimate of drug-likeness (QED) is 0.530. The number of hydrogen-bond donors (Lipinski definition) is 2. The first kappa shape index (κ1) is 22.3. The van der Waals surface area contributed by atoms with Crippen molar-refractivity contribution >= 4 is 33.4 Å². The molecule has 1 aliphatic rings. The Bertz CT molecular complexity index is 1200. The standard InChI is InChI=1S/C19H16F3N3O5S/c1-9(23-17-11-5-3-4-6-14(11)31(28,29)25-17)19(27)30-10(2)18(26)24-13-8-7-12(20)15(21)16(13)22/h3-10H,1-2H3,(H,23,25)(H,24,26)/t9-,10-/m0/s1. The minimum atomic E-state index is -3.80. The van der Waals surface area contributed by atoms with Crippen LogP contribution in [0.3, 0.4) is 0 Å². The summed E-state index contributed by atoms with van der Waals surface area (Å²) >= 11 is 0. The van der Waals surface area contributed by atoms with Crippen LogP contribution in [0.5, 0.6) is 0 Å². The fourth-order valence-electron chi connectivity index (χ4n) is 2.66. The Morgan fingerprint density at radius 3 is 2.45 bits per heavy atom. The van der Waals surface area contributed by atoms with Crippen molar-refractivity contribution in [3.63, 3.8) is 0 Å². The van der Waals surface area contributed by atoms with Gasteiger partial charge in [-0.15, -0.1) is 0 Å². The van der Waals surface area contributed by atoms with Crippen LogP contribution in [0.4, 0.5) is 18.9 Å². The highest BCUT2D eigenvalue weighted by Gasteiger charge is 2.32. The molecule has 1 heterocycles. The Labute approximate surface area is 175 Å². The van der Waals surface area contributed by atoms with Gasteiger partial charge in [0.2, 0.25) is 0 Å². The number of benzene rings is 2. The third kappa shape index (κ3) is 4.53. The molecule has 0 unspecified atom stereocenters. The Morgan fingerprint density at radius 1 is 1.06 bits per heavy atom. The maximum absolute atomic E-state index is 13.7. The van der Waals surface area contributed by atoms with E-state index in [1.807, 2.05) is 5.32 Å². The van der Waals surface area contributed by atoms with E-state index < -0.39 is 57.2 Å². The second-order valence-electron chi connectivity index (χ2n) is 6.55. The molecule has 0 aliphatic carbocycles. The van der Waals surface area contributed by atoms with Crippen LogP contribution in [0.2, 0.25) is 0 Å². The zero-order chi connectivity index (χ0) is 22.9. The van der Waals surface area contributed by atoms with Crippen LogP contribution in [0.1, 0.15) is 19.4 Å². The number of carbonyl (C=O) groups is 2. The smallest absolute Gasteiger partial charge is 0.331 e. The molecule has 2 atom stereocenters. The number of halogens is 3. The van der Waals surface area contributed by atoms with Crippen molar-refractivity contribution in [2.24, 2.45) is 4.99 Å². The number of amides is 1. The molecule has 164 valence electrons. The summed E-state index contributed by atoms with van der Waals surface area (Å²) in [4.78, 5) is 28.4. The summed E-state index contributed by atoms with van der Waals surface area (Å²) < 4.78 is 71.3. The van der Waals surface area contributed by atoms with Gasteiger partial charge in [-0.05, 0) is 38.1 Å². The van der Waals surface area contributed by atoms with Crippen molar-refractivity contribution in [2.45, 2.75) is 30.9 Å². The average Bonchev–Trinajstić information content (AvgIpc) is 2.98. The maximum atomic E-state index is 13.7. The van der Waals surface area contributed by atoms with Gasteiger partial charge in [-0.3, -0.25) is 14.5 Å². The molecule has 1 amide bonds. The lowest BCUT2D eigenvalue weighted by Crippen LogP contribution is -2.34. The van der Waals surface area contributed by atoms with Gasteiger partial charge in [-0.2, -0.15) is 0 Å². The molecule has 2 N–H and O–H groups in total. The van der Waals surface area contributed by atoms with Crippen molar-refractivity contribution in [2.75, 3.05) is 5.32 Å². The molecule has 12 heteroatoms. The number of nitrogens with zero attached hydrogens (tertiary/aromatic N) is 1. The second-order valence-corrected chi connectivity index (χ2v) is 8.20. The van der Waals surface area contributed by atoms with Crippen LogP contribution in [0, 0.1) is 17.5 Å². The lowest BCUT2D eigenvalue weighted by Gasteiger charge is -2.16. The number of hydrogen-bond acceptors (Lipinski definition) is 6. The van der Waals surface area contributed by atoms with E-state index in [1.54, 1.807) is 6.07 Å². The van der Waals surface area contributed by atoms with Gasteiger partial charge in [0.05, 0.1) is 10.6 Å². The molecule has 0 fully saturated rings. The first-order chi connectivity index (χ1) is 14.5. The molecule has 0 radical (unpaired) electrons. The highest BCUT2D eigenvalue weighted by Crippen LogP contribution is 2.23. The van der Waals surface area contributed by atoms with E-state index in [-0.39, 0.29) is 16.3 Å². The summed E-state index contributed by atoms with van der Waals surface area (Å²) in [6.45, 7) is 2.50. The van der Waals surface area contributed by atoms with Crippen molar-refractivity contribution < 1.29 is 35.9 Å². The number of aliphatic imine (C=N–C) groups is 1. The molecule has 0 saturated carbocycles. The zero-order valence-electron chi connectivity index (χ0n) is 16.1. The van der Waals surface area contributed by atoms with Gasteiger partial charge < -0.3 is 10.1 Å². The fraction of sp³-hybridized carbons (Fsp3) is 0.211. The van der Waals surface area contributed by atoms with E-state index in [2.05, 4.69) is 9.71 Å². The lowest BCUT2D eigenvalue weighted by molar-refractivity contribution is -0.154. The van der Waals surface area contributed by atoms with E-state index in [0.29, 0.717) is 6.07 Å². The van der Waals surface area contributed by atoms with Crippen LogP contribution < -0.4 is 10.0 Å². The summed E-state index contributed by atoms with van der Waals surface area (Å²) in [5.74, 6) is -6.80. The molecule has 2 aromatic rings. The second kappa shape index (κ2) is 8.38. The third-order valence-corrected chi connectivity index (χ3v) is 5.68. The van der Waals surface area contributed by atoms with E-state index in [0.717, 1.165) is 6.07 Å². The van der Waals surface area contributed by atoms with Crippen LogP contribution >= 0.6 is 0 Å². The number of fused-ring (bicyclic) bond motifs is 1. The van der Waals surface area contributed by atoms with Gasteiger partial charge >= 0.3 is 5.97 Å². The minimum absolute atomic E-state index is 0.00983. The predicted molar refractivity (Wildman–Crippen MR) is 103 cm³/mol. The van der Waals surface area contributed by atoms with Gasteiger partial charge in [0.25, 0.3) is 15.9 Å². The molecule has 31 heavy (non-hydrogen) atoms. The topological polar surface area (TPSA) is 114 Å². The van der Waals surface area contributed by atoms with E-state index in [1.165, 1.54) is 32.0 Å². The molecule has 3 rings (SSSR count). The molecule has 2 aromatic carbocycles. The van der Waals surface area contributed by atoms with Gasteiger partial charge in [-0.25, -0.2) is 26.4 Å². The number of esters is 1. The summed E-state index contributed by atoms with van der Waals surface area (Å²) in [5.41, 5.74) is -0.348. The number of sulfonamides is 1. The molecule has 0 spiro atoms. The average molecular weight is 455 g/mol. The number of anilines is 1. The summed E-state index contributed by atoms with van der Waals surface area (Å²) in [5, 5.41) is 1.99. The molecule has 1 aliphatic heterocycles. The summed E-state index contributed by atoms with van der Waals surface area (Å²) in [7, 11) is -3.80. The first-order valence-electron chi connectivity index (χ1n) is 8.86. The van der Waals surface area contributed by atoms with Crippen molar-refractivity contribution in [3.05, 3.63) is 59.4 Å². The molecule has 0 aromatic heterocycles. The van der Waals surface area contributed by atoms with Gasteiger partial charge in [0.1, 0.15) is 11.9 Å². The SMILES string of the molecule is C[C@H](N=C1NS(=O)(=O)c2ccccc21)C(=O)O[C@@H](C)C(=O)Nc1ccc(F)c(F)c1F. The Morgan fingerprint density at radius 2 is 1.74 bits per heavy atom. The van der Waals surface area contributed by atoms with E-state index >= 15 is 0 Å². The Balaban J connectivity index is 1.68. The van der Waals surface area contributed by atoms with Crippen LogP contribution in [0.25, 0.3) is 0 Å². The molecule has 0 bridgehead atoms. The monoisotopic (exact) mass is 455 g/mol. The Kier molecular flexibility index (Phi) is 6.02. The normalized spacial score (nSPS) is 17.4. The molecule has 8 nitrogen and oxygen atoms in total. The molecule has 0 saturated heterocycles. The minimum Gasteiger partial charge on any atom is -0.451 e. The zero-order valence-corrected chi connectivity index (χ0v) is 17.0. The van der Waals surface area contributed by atoms with Crippen LogP contribution in [0.15, 0.2) is 46.3 Å². The number of amidine groups is 1. The first-order valence-corrected chi connectivity index (χ1v) is 10.3. The summed E-state index contributed by atoms with van der Waals surface area (Å²) in [6.07, 6.45) is -1.43.